The topological polar surface area (TPSA) is 117 Å². The van der Waals surface area contributed by atoms with Crippen molar-refractivity contribution >= 4 is 23.6 Å². The molecule has 1 rings (SSSR count). The zero-order chi connectivity index (χ0) is 13.0. The summed E-state index contributed by atoms with van der Waals surface area (Å²) in [4.78, 5) is 21.6. The highest BCUT2D eigenvalue weighted by Gasteiger charge is 2.16. The molecule has 1 aromatic rings. The highest BCUT2D eigenvalue weighted by molar-refractivity contribution is 8.00. The van der Waals surface area contributed by atoms with Gasteiger partial charge in [-0.05, 0) is 6.92 Å². The van der Waals surface area contributed by atoms with E-state index in [0.29, 0.717) is 17.4 Å². The lowest BCUT2D eigenvalue weighted by Gasteiger charge is -2.06. The minimum Gasteiger partial charge on any atom is -0.370 e. The summed E-state index contributed by atoms with van der Waals surface area (Å²) in [7, 11) is 1.77. The standard InChI is InChI=1S/C9H15N5O2S/c1-5(8(11)16)17-9-13-12-7(14(9)2)4-3-6(10)15/h5H,3-4H2,1-2H3,(H2,10,15)(H2,11,16). The molecule has 4 N–H and O–H groups in total. The Bertz CT molecular complexity index is 431. The fourth-order valence-electron chi connectivity index (χ4n) is 1.12. The Morgan fingerprint density at radius 2 is 2.06 bits per heavy atom. The number of hydrogen-bond acceptors (Lipinski definition) is 5. The summed E-state index contributed by atoms with van der Waals surface area (Å²) in [6.45, 7) is 1.70. The predicted molar refractivity (Wildman–Crippen MR) is 63.0 cm³/mol. The van der Waals surface area contributed by atoms with Gasteiger partial charge in [-0.3, -0.25) is 9.59 Å². The average molecular weight is 257 g/mol. The monoisotopic (exact) mass is 257 g/mol. The molecule has 0 aliphatic rings. The van der Waals surface area contributed by atoms with Crippen molar-refractivity contribution in [3.05, 3.63) is 5.82 Å². The highest BCUT2D eigenvalue weighted by Crippen LogP contribution is 2.21. The van der Waals surface area contributed by atoms with Gasteiger partial charge < -0.3 is 16.0 Å². The summed E-state index contributed by atoms with van der Waals surface area (Å²) in [5.41, 5.74) is 10.2. The second-order valence-electron chi connectivity index (χ2n) is 3.59. The molecular weight excluding hydrogens is 242 g/mol. The van der Waals surface area contributed by atoms with Crippen molar-refractivity contribution in [1.82, 2.24) is 14.8 Å². The van der Waals surface area contributed by atoms with Gasteiger partial charge in [0.1, 0.15) is 5.82 Å². The molecule has 17 heavy (non-hydrogen) atoms. The van der Waals surface area contributed by atoms with Crippen molar-refractivity contribution in [2.24, 2.45) is 18.5 Å². The number of thioether (sulfide) groups is 1. The number of amides is 2. The van der Waals surface area contributed by atoms with Gasteiger partial charge in [0.15, 0.2) is 5.16 Å². The lowest BCUT2D eigenvalue weighted by Crippen LogP contribution is -2.23. The van der Waals surface area contributed by atoms with Gasteiger partial charge in [-0.15, -0.1) is 10.2 Å². The summed E-state index contributed by atoms with van der Waals surface area (Å²) in [6.07, 6.45) is 0.659. The second kappa shape index (κ2) is 5.67. The molecular formula is C9H15N5O2S. The smallest absolute Gasteiger partial charge is 0.230 e. The molecule has 0 fully saturated rings. The van der Waals surface area contributed by atoms with E-state index < -0.39 is 5.91 Å². The van der Waals surface area contributed by atoms with Crippen LogP contribution in [0.15, 0.2) is 5.16 Å². The summed E-state index contributed by atoms with van der Waals surface area (Å²) < 4.78 is 1.73. The van der Waals surface area contributed by atoms with Crippen LogP contribution in [0.25, 0.3) is 0 Å². The lowest BCUT2D eigenvalue weighted by molar-refractivity contribution is -0.118. The maximum atomic E-state index is 10.9. The van der Waals surface area contributed by atoms with Gasteiger partial charge in [0.05, 0.1) is 5.25 Å². The van der Waals surface area contributed by atoms with Crippen LogP contribution in [0.2, 0.25) is 0 Å². The third-order valence-electron chi connectivity index (χ3n) is 2.20. The average Bonchev–Trinajstić information content (AvgIpc) is 2.57. The van der Waals surface area contributed by atoms with Crippen molar-refractivity contribution in [1.29, 1.82) is 0 Å². The molecule has 0 bridgehead atoms. The molecule has 0 saturated heterocycles. The molecule has 2 amide bonds. The van der Waals surface area contributed by atoms with Gasteiger partial charge >= 0.3 is 0 Å². The number of nitrogens with zero attached hydrogens (tertiary/aromatic N) is 3. The normalized spacial score (nSPS) is 12.4. The molecule has 7 nitrogen and oxygen atoms in total. The molecule has 0 saturated carbocycles. The number of hydrogen-bond donors (Lipinski definition) is 2. The first kappa shape index (κ1) is 13.5. The van der Waals surface area contributed by atoms with Crippen molar-refractivity contribution in [3.8, 4) is 0 Å². The van der Waals surface area contributed by atoms with Gasteiger partial charge in [-0.25, -0.2) is 0 Å². The number of rotatable bonds is 6. The largest absolute Gasteiger partial charge is 0.370 e. The second-order valence-corrected chi connectivity index (χ2v) is 4.89. The van der Waals surface area contributed by atoms with Crippen LogP contribution in [0.5, 0.6) is 0 Å². The molecule has 0 spiro atoms. The molecule has 8 heteroatoms. The zero-order valence-corrected chi connectivity index (χ0v) is 10.5. The minimum atomic E-state index is -0.406. The molecule has 1 heterocycles. The SMILES string of the molecule is CC(Sc1nnc(CCC(N)=O)n1C)C(N)=O. The van der Waals surface area contributed by atoms with E-state index >= 15 is 0 Å². The molecule has 0 aromatic carbocycles. The van der Waals surface area contributed by atoms with Gasteiger partial charge in [0, 0.05) is 19.9 Å². The van der Waals surface area contributed by atoms with Crippen molar-refractivity contribution in [3.63, 3.8) is 0 Å². The molecule has 1 aromatic heterocycles. The Kier molecular flexibility index (Phi) is 4.50. The van der Waals surface area contributed by atoms with Crippen LogP contribution in [0.3, 0.4) is 0 Å². The van der Waals surface area contributed by atoms with Crippen LogP contribution in [0.1, 0.15) is 19.2 Å². The fourth-order valence-corrected chi connectivity index (χ4v) is 1.90. The van der Waals surface area contributed by atoms with E-state index in [0.717, 1.165) is 0 Å². The van der Waals surface area contributed by atoms with E-state index in [2.05, 4.69) is 10.2 Å². The van der Waals surface area contributed by atoms with Crippen molar-refractivity contribution in [2.45, 2.75) is 30.2 Å². The summed E-state index contributed by atoms with van der Waals surface area (Å²) in [5, 5.41) is 8.08. The molecule has 1 atom stereocenters. The maximum absolute atomic E-state index is 10.9. The van der Waals surface area contributed by atoms with E-state index in [1.807, 2.05) is 0 Å². The number of carbonyl (C=O) groups is 2. The minimum absolute atomic E-state index is 0.224. The summed E-state index contributed by atoms with van der Waals surface area (Å²) in [6, 6.07) is 0. The zero-order valence-electron chi connectivity index (χ0n) is 9.71. The van der Waals surface area contributed by atoms with Crippen LogP contribution < -0.4 is 11.5 Å². The van der Waals surface area contributed by atoms with Crippen LogP contribution in [-0.2, 0) is 23.1 Å². The van der Waals surface area contributed by atoms with Gasteiger partial charge in [0.25, 0.3) is 0 Å². The van der Waals surface area contributed by atoms with E-state index in [-0.39, 0.29) is 17.6 Å². The lowest BCUT2D eigenvalue weighted by atomic mass is 10.3. The number of aryl methyl sites for hydroxylation is 1. The third-order valence-corrected chi connectivity index (χ3v) is 3.36. The van der Waals surface area contributed by atoms with Crippen LogP contribution in [0, 0.1) is 0 Å². The number of aromatic nitrogens is 3. The molecule has 0 aliphatic heterocycles. The Hall–Kier alpha value is -1.57. The van der Waals surface area contributed by atoms with E-state index in [4.69, 9.17) is 11.5 Å². The Balaban J connectivity index is 2.70. The predicted octanol–water partition coefficient (Wildman–Crippen LogP) is -0.801. The van der Waals surface area contributed by atoms with Crippen LogP contribution in [0.4, 0.5) is 0 Å². The first-order valence-corrected chi connectivity index (χ1v) is 5.92. The summed E-state index contributed by atoms with van der Waals surface area (Å²) >= 11 is 1.23. The summed E-state index contributed by atoms with van der Waals surface area (Å²) in [5.74, 6) is -0.132. The van der Waals surface area contributed by atoms with Gasteiger partial charge in [-0.1, -0.05) is 11.8 Å². The van der Waals surface area contributed by atoms with E-state index in [9.17, 15) is 9.59 Å². The number of nitrogens with two attached hydrogens (primary N) is 2. The molecule has 0 aliphatic carbocycles. The molecule has 1 unspecified atom stereocenters. The first-order valence-electron chi connectivity index (χ1n) is 5.04. The Labute approximate surface area is 103 Å². The maximum Gasteiger partial charge on any atom is 0.230 e. The van der Waals surface area contributed by atoms with Crippen molar-refractivity contribution < 1.29 is 9.59 Å². The third kappa shape index (κ3) is 3.74. The van der Waals surface area contributed by atoms with Crippen molar-refractivity contribution in [2.75, 3.05) is 0 Å². The number of primary amides is 2. The van der Waals surface area contributed by atoms with E-state index in [1.165, 1.54) is 11.8 Å². The molecule has 94 valence electrons. The van der Waals surface area contributed by atoms with Gasteiger partial charge in [0.2, 0.25) is 11.8 Å². The van der Waals surface area contributed by atoms with E-state index in [1.54, 1.807) is 18.5 Å². The highest BCUT2D eigenvalue weighted by atomic mass is 32.2. The number of carbonyl (C=O) groups excluding carboxylic acids is 2. The molecule has 0 radical (unpaired) electrons. The van der Waals surface area contributed by atoms with Crippen LogP contribution >= 0.6 is 11.8 Å². The Morgan fingerprint density at radius 3 is 2.59 bits per heavy atom. The first-order chi connectivity index (χ1) is 7.91. The fraction of sp³-hybridized carbons (Fsp3) is 0.556. The van der Waals surface area contributed by atoms with Crippen LogP contribution in [-0.4, -0.2) is 31.8 Å². The quantitative estimate of drug-likeness (QED) is 0.647. The Morgan fingerprint density at radius 1 is 1.41 bits per heavy atom. The van der Waals surface area contributed by atoms with Gasteiger partial charge in [-0.2, -0.15) is 0 Å².